The van der Waals surface area contributed by atoms with E-state index in [9.17, 15) is 18.8 Å². The Kier molecular flexibility index (Phi) is 8.26. The first-order valence-electron chi connectivity index (χ1n) is 14.3. The third-order valence-electron chi connectivity index (χ3n) is 7.97. The molecule has 0 amide bonds. The number of nitrogens with zero attached hydrogens (tertiary/aromatic N) is 7. The van der Waals surface area contributed by atoms with E-state index in [0.29, 0.717) is 23.5 Å². The van der Waals surface area contributed by atoms with Gasteiger partial charge in [-0.25, -0.2) is 37.3 Å². The molecule has 14 heteroatoms. The predicted molar refractivity (Wildman–Crippen MR) is 156 cm³/mol. The van der Waals surface area contributed by atoms with Crippen LogP contribution in [0.15, 0.2) is 48.7 Å². The van der Waals surface area contributed by atoms with E-state index in [1.54, 1.807) is 10.6 Å². The van der Waals surface area contributed by atoms with Crippen molar-refractivity contribution in [3.05, 3.63) is 100 Å². The van der Waals surface area contributed by atoms with Crippen molar-refractivity contribution in [3.8, 4) is 29.4 Å². The van der Waals surface area contributed by atoms with Gasteiger partial charge in [0.1, 0.15) is 41.1 Å². The van der Waals surface area contributed by atoms with Gasteiger partial charge in [-0.05, 0) is 54.8 Å². The Morgan fingerprint density at radius 1 is 0.957 bits per heavy atom. The normalized spacial score (nSPS) is 13.2. The Balaban J connectivity index is 1.30. The molecule has 0 atom stereocenters. The summed E-state index contributed by atoms with van der Waals surface area (Å²) in [4.78, 5) is 28.8. The quantitative estimate of drug-likeness (QED) is 0.133. The molecule has 1 fully saturated rings. The molecule has 0 spiro atoms. The summed E-state index contributed by atoms with van der Waals surface area (Å²) in [5, 5.41) is 18.3. The minimum absolute atomic E-state index is 0.0386. The lowest BCUT2D eigenvalue weighted by Gasteiger charge is -2.16. The highest BCUT2D eigenvalue weighted by atomic mass is 19.1. The average Bonchev–Trinajstić information content (AvgIpc) is 3.75. The van der Waals surface area contributed by atoms with Gasteiger partial charge in [0.25, 0.3) is 0 Å². The van der Waals surface area contributed by atoms with Gasteiger partial charge in [-0.15, -0.1) is 0 Å². The van der Waals surface area contributed by atoms with E-state index in [-0.39, 0.29) is 47.2 Å². The van der Waals surface area contributed by atoms with Gasteiger partial charge in [-0.3, -0.25) is 0 Å². The Hall–Kier alpha value is -5.89. The van der Waals surface area contributed by atoms with Gasteiger partial charge in [-0.1, -0.05) is 6.07 Å². The first kappa shape index (κ1) is 31.1. The van der Waals surface area contributed by atoms with Crippen molar-refractivity contribution in [2.45, 2.75) is 38.8 Å². The lowest BCUT2D eigenvalue weighted by molar-refractivity contribution is 0.0594. The number of fused-ring (bicyclic) bond motifs is 1. The highest BCUT2D eigenvalue weighted by Gasteiger charge is 2.43. The Labute approximate surface area is 264 Å². The summed E-state index contributed by atoms with van der Waals surface area (Å²) in [6, 6.07) is 12.1. The number of hydrogen-bond donors (Lipinski definition) is 0. The number of nitriles is 2. The Morgan fingerprint density at radius 2 is 1.74 bits per heavy atom. The van der Waals surface area contributed by atoms with Crippen molar-refractivity contribution in [3.63, 3.8) is 0 Å². The first-order chi connectivity index (χ1) is 22.6. The summed E-state index contributed by atoms with van der Waals surface area (Å²) in [6.45, 7) is -0.0431. The van der Waals surface area contributed by atoms with Crippen LogP contribution in [0.4, 0.5) is 17.6 Å². The number of aromatic nitrogens is 5. The van der Waals surface area contributed by atoms with E-state index in [1.165, 1.54) is 25.3 Å². The first-order valence-corrected chi connectivity index (χ1v) is 14.3. The fourth-order valence-electron chi connectivity index (χ4n) is 5.20. The molecular formula is C33H23F4N7O3. The number of carbonyl (C=O) groups excluding carboxylic acids is 1. The third kappa shape index (κ3) is 6.31. The van der Waals surface area contributed by atoms with E-state index in [0.717, 1.165) is 37.2 Å². The number of carbonyl (C=O) groups is 1. The second-order valence-corrected chi connectivity index (χ2v) is 11.1. The molecule has 10 nitrogen and oxygen atoms in total. The number of rotatable bonds is 10. The molecule has 0 unspecified atom stereocenters. The molecule has 1 aliphatic rings. The van der Waals surface area contributed by atoms with Crippen LogP contribution >= 0.6 is 0 Å². The Bertz CT molecular complexity index is 2130. The monoisotopic (exact) mass is 641 g/mol. The summed E-state index contributed by atoms with van der Waals surface area (Å²) < 4.78 is 72.0. The van der Waals surface area contributed by atoms with Crippen LogP contribution in [-0.2, 0) is 24.3 Å². The molecule has 47 heavy (non-hydrogen) atoms. The van der Waals surface area contributed by atoms with E-state index in [2.05, 4.69) is 26.0 Å². The topological polar surface area (TPSA) is 140 Å². The third-order valence-corrected chi connectivity index (χ3v) is 7.97. The molecule has 236 valence electrons. The van der Waals surface area contributed by atoms with Crippen LogP contribution in [-0.4, -0.2) is 37.6 Å². The second-order valence-electron chi connectivity index (χ2n) is 11.1. The van der Waals surface area contributed by atoms with Gasteiger partial charge in [0, 0.05) is 35.9 Å². The molecule has 0 N–H and O–H groups in total. The van der Waals surface area contributed by atoms with E-state index in [4.69, 9.17) is 14.7 Å². The van der Waals surface area contributed by atoms with Gasteiger partial charge in [0.15, 0.2) is 17.2 Å². The van der Waals surface area contributed by atoms with Crippen LogP contribution < -0.4 is 4.74 Å². The van der Waals surface area contributed by atoms with Crippen LogP contribution in [0.5, 0.6) is 6.01 Å². The maximum absolute atomic E-state index is 15.6. The molecule has 0 aliphatic heterocycles. The van der Waals surface area contributed by atoms with Crippen LogP contribution in [0, 0.1) is 51.3 Å². The fourth-order valence-corrected chi connectivity index (χ4v) is 5.20. The van der Waals surface area contributed by atoms with Crippen molar-refractivity contribution in [1.29, 1.82) is 10.5 Å². The van der Waals surface area contributed by atoms with Gasteiger partial charge in [-0.2, -0.15) is 15.5 Å². The number of hydrogen-bond acceptors (Lipinski definition) is 9. The van der Waals surface area contributed by atoms with Gasteiger partial charge >= 0.3 is 12.0 Å². The number of pyridine rings is 1. The molecule has 0 radical (unpaired) electrons. The van der Waals surface area contributed by atoms with Crippen LogP contribution in [0.2, 0.25) is 0 Å². The summed E-state index contributed by atoms with van der Waals surface area (Å²) in [5.74, 6) is -3.95. The van der Waals surface area contributed by atoms with E-state index < -0.39 is 46.5 Å². The van der Waals surface area contributed by atoms with Gasteiger partial charge < -0.3 is 14.0 Å². The zero-order chi connectivity index (χ0) is 33.3. The maximum Gasteiger partial charge on any atom is 0.356 e. The zero-order valence-corrected chi connectivity index (χ0v) is 24.7. The van der Waals surface area contributed by atoms with E-state index in [1.807, 2.05) is 6.07 Å². The standard InChI is InChI=1S/C33H23F4N7O3/c1-46-31(45)27-5-4-26-30(42-27)44(17-33(6-7-33)8-9-38)28(41-26)12-20-11-24(36)21(13-23(20)35)29-25(37)15-40-32(43-29)47-16-19-3-2-18(14-39)10-22(19)34/h2-5,10-11,13,15H,6-8,12,16-17H2,1H3. The highest BCUT2D eigenvalue weighted by Crippen LogP contribution is 2.50. The van der Waals surface area contributed by atoms with Crippen LogP contribution in [0.25, 0.3) is 22.4 Å². The number of esters is 1. The Morgan fingerprint density at radius 3 is 2.45 bits per heavy atom. The fraction of sp³-hybridized carbons (Fsp3) is 0.242. The van der Waals surface area contributed by atoms with Gasteiger partial charge in [0.05, 0.1) is 31.0 Å². The molecule has 2 aromatic carbocycles. The summed E-state index contributed by atoms with van der Waals surface area (Å²) in [5.41, 5.74) is -0.524. The summed E-state index contributed by atoms with van der Waals surface area (Å²) in [7, 11) is 1.23. The molecular weight excluding hydrogens is 618 g/mol. The van der Waals surface area contributed by atoms with Gasteiger partial charge in [0.2, 0.25) is 0 Å². The SMILES string of the molecule is COC(=O)c1ccc2nc(Cc3cc(F)c(-c4nc(OCc5ccc(C#N)cc5F)ncc4F)cc3F)n(CC3(CC#N)CC3)c2n1. The summed E-state index contributed by atoms with van der Waals surface area (Å²) >= 11 is 0. The molecule has 1 saturated carbocycles. The minimum atomic E-state index is -1.05. The molecule has 3 aromatic heterocycles. The minimum Gasteiger partial charge on any atom is -0.464 e. The van der Waals surface area contributed by atoms with Crippen molar-refractivity contribution in [2.24, 2.45) is 5.41 Å². The highest BCUT2D eigenvalue weighted by molar-refractivity contribution is 5.89. The number of methoxy groups -OCH3 is 1. The molecule has 1 aliphatic carbocycles. The zero-order valence-electron chi connectivity index (χ0n) is 24.7. The molecule has 6 rings (SSSR count). The number of ether oxygens (including phenoxy) is 2. The van der Waals surface area contributed by atoms with Crippen LogP contribution in [0.3, 0.4) is 0 Å². The lowest BCUT2D eigenvalue weighted by Crippen LogP contribution is -2.16. The second kappa shape index (κ2) is 12.5. The average molecular weight is 642 g/mol. The molecule has 5 aromatic rings. The summed E-state index contributed by atoms with van der Waals surface area (Å²) in [6.07, 6.45) is 2.38. The number of benzene rings is 2. The maximum atomic E-state index is 15.6. The number of imidazole rings is 1. The predicted octanol–water partition coefficient (Wildman–Crippen LogP) is 5.97. The largest absolute Gasteiger partial charge is 0.464 e. The smallest absolute Gasteiger partial charge is 0.356 e. The molecule has 0 bridgehead atoms. The molecule has 3 heterocycles. The van der Waals surface area contributed by atoms with Crippen molar-refractivity contribution >= 4 is 17.1 Å². The van der Waals surface area contributed by atoms with Crippen molar-refractivity contribution < 1.29 is 31.8 Å². The lowest BCUT2D eigenvalue weighted by atomic mass is 10.0. The van der Waals surface area contributed by atoms with Crippen molar-refractivity contribution in [2.75, 3.05) is 7.11 Å². The van der Waals surface area contributed by atoms with E-state index >= 15 is 8.78 Å². The van der Waals surface area contributed by atoms with Crippen LogP contribution in [0.1, 0.15) is 52.3 Å². The van der Waals surface area contributed by atoms with Crippen molar-refractivity contribution in [1.82, 2.24) is 24.5 Å². The number of halogens is 4. The molecule has 0 saturated heterocycles.